The maximum Gasteiger partial charge on any atom is 0.257 e. The molecule has 1 saturated heterocycles. The van der Waals surface area contributed by atoms with E-state index in [0.717, 1.165) is 0 Å². The van der Waals surface area contributed by atoms with Crippen LogP contribution in [0.4, 0.5) is 20.2 Å². The highest BCUT2D eigenvalue weighted by molar-refractivity contribution is 6.16. The number of aromatic nitrogens is 1. The molecule has 1 aromatic heterocycles. The summed E-state index contributed by atoms with van der Waals surface area (Å²) in [7, 11) is 0. The van der Waals surface area contributed by atoms with Crippen LogP contribution >= 0.6 is 0 Å². The zero-order valence-corrected chi connectivity index (χ0v) is 14.6. The maximum atomic E-state index is 13.8. The fourth-order valence-electron chi connectivity index (χ4n) is 3.39. The molecule has 2 aromatic carbocycles. The number of nitrogens with zero attached hydrogens (tertiary/aromatic N) is 2. The van der Waals surface area contributed by atoms with Crippen molar-refractivity contribution < 1.29 is 18.4 Å². The van der Waals surface area contributed by atoms with Gasteiger partial charge in [-0.2, -0.15) is 0 Å². The van der Waals surface area contributed by atoms with E-state index >= 15 is 0 Å². The largest absolute Gasteiger partial charge is 0.324 e. The van der Waals surface area contributed by atoms with Gasteiger partial charge in [0.1, 0.15) is 11.6 Å². The molecule has 0 saturated carbocycles. The smallest absolute Gasteiger partial charge is 0.257 e. The number of β-lactam (4-membered cyclic amide) rings is 1. The van der Waals surface area contributed by atoms with E-state index in [1.807, 2.05) is 0 Å². The first kappa shape index (κ1) is 17.8. The molecular formula is C21H15F2N3O2. The van der Waals surface area contributed by atoms with E-state index in [1.165, 1.54) is 47.5 Å². The van der Waals surface area contributed by atoms with Crippen molar-refractivity contribution >= 4 is 23.2 Å². The van der Waals surface area contributed by atoms with Gasteiger partial charge in [-0.15, -0.1) is 0 Å². The number of amides is 2. The third-order valence-corrected chi connectivity index (χ3v) is 4.65. The molecule has 28 heavy (non-hydrogen) atoms. The average Bonchev–Trinajstić information content (AvgIpc) is 2.66. The zero-order chi connectivity index (χ0) is 19.7. The highest BCUT2D eigenvalue weighted by Gasteiger charge is 2.59. The number of carbonyl (C=O) groups is 2. The topological polar surface area (TPSA) is 62.3 Å². The van der Waals surface area contributed by atoms with Gasteiger partial charge in [0.15, 0.2) is 5.54 Å². The van der Waals surface area contributed by atoms with Crippen molar-refractivity contribution in [2.24, 2.45) is 0 Å². The molecule has 1 aliphatic heterocycles. The molecule has 1 atom stereocenters. The second kappa shape index (κ2) is 6.84. The molecular weight excluding hydrogens is 364 g/mol. The van der Waals surface area contributed by atoms with Gasteiger partial charge in [0, 0.05) is 17.6 Å². The van der Waals surface area contributed by atoms with Crippen molar-refractivity contribution in [3.05, 3.63) is 90.3 Å². The van der Waals surface area contributed by atoms with Crippen LogP contribution in [0.3, 0.4) is 0 Å². The number of hydrogen-bond donors (Lipinski definition) is 1. The molecule has 7 heteroatoms. The standard InChI is InChI=1S/C21H15F2N3O2/c22-14-5-3-7-16(11-14)25-20(28)21(18-9-1-2-10-24-18)13-19(27)26(21)17-8-4-6-15(23)12-17/h1-12H,13H2,(H,25,28). The Hall–Kier alpha value is -3.61. The molecule has 0 bridgehead atoms. The molecule has 2 amide bonds. The van der Waals surface area contributed by atoms with Crippen LogP contribution in [0.5, 0.6) is 0 Å². The van der Waals surface area contributed by atoms with Crippen LogP contribution < -0.4 is 10.2 Å². The van der Waals surface area contributed by atoms with E-state index in [1.54, 1.807) is 30.3 Å². The summed E-state index contributed by atoms with van der Waals surface area (Å²) < 4.78 is 27.3. The molecule has 1 aliphatic rings. The number of anilines is 2. The summed E-state index contributed by atoms with van der Waals surface area (Å²) in [5.41, 5.74) is -0.624. The second-order valence-corrected chi connectivity index (χ2v) is 6.43. The van der Waals surface area contributed by atoms with E-state index in [2.05, 4.69) is 10.3 Å². The van der Waals surface area contributed by atoms with Gasteiger partial charge in [0.25, 0.3) is 5.91 Å². The predicted octanol–water partition coefficient (Wildman–Crippen LogP) is 3.63. The molecule has 1 N–H and O–H groups in total. The van der Waals surface area contributed by atoms with Gasteiger partial charge in [-0.25, -0.2) is 8.78 Å². The van der Waals surface area contributed by atoms with Crippen LogP contribution in [0.15, 0.2) is 72.9 Å². The number of rotatable bonds is 4. The minimum absolute atomic E-state index is 0.137. The van der Waals surface area contributed by atoms with Crippen LogP contribution in [0.2, 0.25) is 0 Å². The third kappa shape index (κ3) is 2.90. The number of halogens is 2. The number of pyridine rings is 1. The van der Waals surface area contributed by atoms with Gasteiger partial charge in [0.05, 0.1) is 12.1 Å². The molecule has 140 valence electrons. The van der Waals surface area contributed by atoms with E-state index in [-0.39, 0.29) is 23.7 Å². The number of carbonyl (C=O) groups excluding carboxylic acids is 2. The molecule has 0 radical (unpaired) electrons. The quantitative estimate of drug-likeness (QED) is 0.704. The lowest BCUT2D eigenvalue weighted by atomic mass is 9.78. The van der Waals surface area contributed by atoms with Crippen molar-refractivity contribution in [3.63, 3.8) is 0 Å². The van der Waals surface area contributed by atoms with Gasteiger partial charge >= 0.3 is 0 Å². The highest BCUT2D eigenvalue weighted by atomic mass is 19.1. The second-order valence-electron chi connectivity index (χ2n) is 6.43. The lowest BCUT2D eigenvalue weighted by molar-refractivity contribution is -0.137. The van der Waals surface area contributed by atoms with Crippen LogP contribution in [-0.4, -0.2) is 16.8 Å². The van der Waals surface area contributed by atoms with E-state index < -0.39 is 23.1 Å². The van der Waals surface area contributed by atoms with Crippen LogP contribution in [0, 0.1) is 11.6 Å². The summed E-state index contributed by atoms with van der Waals surface area (Å²) in [6.45, 7) is 0. The van der Waals surface area contributed by atoms with Crippen molar-refractivity contribution in [2.45, 2.75) is 12.0 Å². The van der Waals surface area contributed by atoms with Crippen LogP contribution in [-0.2, 0) is 15.1 Å². The van der Waals surface area contributed by atoms with E-state index in [9.17, 15) is 18.4 Å². The minimum Gasteiger partial charge on any atom is -0.324 e. The zero-order valence-electron chi connectivity index (χ0n) is 14.6. The Morgan fingerprint density at radius 2 is 1.75 bits per heavy atom. The lowest BCUT2D eigenvalue weighted by Gasteiger charge is -2.49. The first-order valence-electron chi connectivity index (χ1n) is 8.58. The Morgan fingerprint density at radius 3 is 2.39 bits per heavy atom. The first-order valence-corrected chi connectivity index (χ1v) is 8.58. The molecule has 4 rings (SSSR count). The molecule has 0 aliphatic carbocycles. The van der Waals surface area contributed by atoms with Gasteiger partial charge in [-0.1, -0.05) is 18.2 Å². The minimum atomic E-state index is -1.46. The SMILES string of the molecule is O=C1CC(C(=O)Nc2cccc(F)c2)(c2ccccn2)N1c1cccc(F)c1. The van der Waals surface area contributed by atoms with E-state index in [4.69, 9.17) is 0 Å². The molecule has 1 unspecified atom stereocenters. The summed E-state index contributed by atoms with van der Waals surface area (Å²) in [4.78, 5) is 31.3. The van der Waals surface area contributed by atoms with Crippen molar-refractivity contribution in [3.8, 4) is 0 Å². The molecule has 5 nitrogen and oxygen atoms in total. The number of hydrogen-bond acceptors (Lipinski definition) is 3. The molecule has 3 aromatic rings. The molecule has 0 spiro atoms. The monoisotopic (exact) mass is 379 g/mol. The van der Waals surface area contributed by atoms with Crippen molar-refractivity contribution in [1.29, 1.82) is 0 Å². The summed E-state index contributed by atoms with van der Waals surface area (Å²) in [6, 6.07) is 15.9. The molecule has 1 fully saturated rings. The third-order valence-electron chi connectivity index (χ3n) is 4.65. The van der Waals surface area contributed by atoms with E-state index in [0.29, 0.717) is 5.69 Å². The summed E-state index contributed by atoms with van der Waals surface area (Å²) >= 11 is 0. The first-order chi connectivity index (χ1) is 13.5. The Bertz CT molecular complexity index is 1060. The maximum absolute atomic E-state index is 13.8. The van der Waals surface area contributed by atoms with Crippen LogP contribution in [0.25, 0.3) is 0 Å². The lowest BCUT2D eigenvalue weighted by Crippen LogP contribution is -2.67. The Kier molecular flexibility index (Phi) is 4.35. The fraction of sp³-hybridized carbons (Fsp3) is 0.0952. The van der Waals surface area contributed by atoms with Gasteiger partial charge < -0.3 is 5.32 Å². The van der Waals surface area contributed by atoms with Crippen molar-refractivity contribution in [1.82, 2.24) is 4.98 Å². The summed E-state index contributed by atoms with van der Waals surface area (Å²) in [5, 5.41) is 2.65. The highest BCUT2D eigenvalue weighted by Crippen LogP contribution is 2.45. The normalized spacial score (nSPS) is 18.5. The van der Waals surface area contributed by atoms with Gasteiger partial charge in [-0.3, -0.25) is 19.5 Å². The fourth-order valence-corrected chi connectivity index (χ4v) is 3.39. The van der Waals surface area contributed by atoms with Crippen molar-refractivity contribution in [2.75, 3.05) is 10.2 Å². The van der Waals surface area contributed by atoms with Gasteiger partial charge in [0.2, 0.25) is 5.91 Å². The number of benzene rings is 2. The van der Waals surface area contributed by atoms with Gasteiger partial charge in [-0.05, 0) is 48.5 Å². The summed E-state index contributed by atoms with van der Waals surface area (Å²) in [6.07, 6.45) is 1.38. The molecule has 2 heterocycles. The Labute approximate surface area is 159 Å². The van der Waals surface area contributed by atoms with Crippen LogP contribution in [0.1, 0.15) is 12.1 Å². The predicted molar refractivity (Wildman–Crippen MR) is 99.4 cm³/mol. The average molecular weight is 379 g/mol. The summed E-state index contributed by atoms with van der Waals surface area (Å²) in [5.74, 6) is -1.93. The number of nitrogens with one attached hydrogen (secondary N) is 1. The Balaban J connectivity index is 1.79. The Morgan fingerprint density at radius 1 is 1.00 bits per heavy atom.